The van der Waals surface area contributed by atoms with Crippen LogP contribution in [0.5, 0.6) is 17.2 Å². The average Bonchev–Trinajstić information content (AvgIpc) is 3.25. The summed E-state index contributed by atoms with van der Waals surface area (Å²) in [6, 6.07) is 10.6. The molecule has 0 saturated heterocycles. The SMILES string of the molecule is COc1ccc(/C=C/C(=O)N(C)Cc2nc(-c3ccc(Cl)cc3)no2)c(OC)c1OC. The molecule has 0 saturated carbocycles. The number of amides is 1. The van der Waals surface area contributed by atoms with Crippen LogP contribution in [0.1, 0.15) is 11.5 Å². The predicted molar refractivity (Wildman–Crippen MR) is 116 cm³/mol. The number of ether oxygens (including phenoxy) is 3. The Labute approximate surface area is 185 Å². The largest absolute Gasteiger partial charge is 0.493 e. The minimum absolute atomic E-state index is 0.160. The van der Waals surface area contributed by atoms with Crippen LogP contribution in [0.2, 0.25) is 5.02 Å². The van der Waals surface area contributed by atoms with Gasteiger partial charge in [0.15, 0.2) is 11.5 Å². The first-order valence-electron chi connectivity index (χ1n) is 9.27. The molecule has 1 heterocycles. The number of carbonyl (C=O) groups excluding carboxylic acids is 1. The molecule has 1 amide bonds. The maximum Gasteiger partial charge on any atom is 0.246 e. The Bertz CT molecular complexity index is 1080. The summed E-state index contributed by atoms with van der Waals surface area (Å²) >= 11 is 5.90. The maximum atomic E-state index is 12.6. The Hall–Kier alpha value is -3.52. The molecule has 1 aromatic heterocycles. The summed E-state index contributed by atoms with van der Waals surface area (Å²) in [5.74, 6) is 1.96. The van der Waals surface area contributed by atoms with Crippen molar-refractivity contribution in [3.63, 3.8) is 0 Å². The van der Waals surface area contributed by atoms with E-state index in [1.165, 1.54) is 25.2 Å². The van der Waals surface area contributed by atoms with Crippen LogP contribution in [0.25, 0.3) is 17.5 Å². The maximum absolute atomic E-state index is 12.6. The molecule has 9 heteroatoms. The van der Waals surface area contributed by atoms with E-state index in [4.69, 9.17) is 30.3 Å². The lowest BCUT2D eigenvalue weighted by molar-refractivity contribution is -0.125. The van der Waals surface area contributed by atoms with Crippen molar-refractivity contribution >= 4 is 23.6 Å². The first kappa shape index (κ1) is 22.2. The zero-order valence-electron chi connectivity index (χ0n) is 17.6. The van der Waals surface area contributed by atoms with E-state index in [2.05, 4.69) is 10.1 Å². The Morgan fingerprint density at radius 3 is 2.42 bits per heavy atom. The fourth-order valence-corrected chi connectivity index (χ4v) is 2.99. The monoisotopic (exact) mass is 443 g/mol. The van der Waals surface area contributed by atoms with Crippen LogP contribution < -0.4 is 14.2 Å². The third kappa shape index (κ3) is 5.16. The van der Waals surface area contributed by atoms with Crippen molar-refractivity contribution in [1.29, 1.82) is 0 Å². The molecule has 2 aromatic carbocycles. The van der Waals surface area contributed by atoms with Crippen LogP contribution in [0.15, 0.2) is 47.0 Å². The Morgan fingerprint density at radius 2 is 1.77 bits per heavy atom. The number of methoxy groups -OCH3 is 3. The second-order valence-electron chi connectivity index (χ2n) is 6.47. The van der Waals surface area contributed by atoms with Crippen molar-refractivity contribution in [2.24, 2.45) is 0 Å². The van der Waals surface area contributed by atoms with Gasteiger partial charge in [-0.3, -0.25) is 4.79 Å². The number of likely N-dealkylation sites (N-methyl/N-ethyl adjacent to an activating group) is 1. The third-order valence-corrected chi connectivity index (χ3v) is 4.71. The molecule has 3 rings (SSSR count). The summed E-state index contributed by atoms with van der Waals surface area (Å²) in [4.78, 5) is 18.3. The van der Waals surface area contributed by atoms with E-state index in [0.29, 0.717) is 39.5 Å². The summed E-state index contributed by atoms with van der Waals surface area (Å²) < 4.78 is 21.3. The van der Waals surface area contributed by atoms with Gasteiger partial charge in [-0.25, -0.2) is 0 Å². The van der Waals surface area contributed by atoms with Gasteiger partial charge in [-0.15, -0.1) is 0 Å². The van der Waals surface area contributed by atoms with Crippen molar-refractivity contribution < 1.29 is 23.5 Å². The minimum Gasteiger partial charge on any atom is -0.493 e. The minimum atomic E-state index is -0.247. The average molecular weight is 444 g/mol. The van der Waals surface area contributed by atoms with Gasteiger partial charge in [-0.2, -0.15) is 4.98 Å². The molecule has 0 aliphatic carbocycles. The van der Waals surface area contributed by atoms with Gasteiger partial charge >= 0.3 is 0 Å². The topological polar surface area (TPSA) is 86.9 Å². The van der Waals surface area contributed by atoms with Gasteiger partial charge in [-0.1, -0.05) is 16.8 Å². The van der Waals surface area contributed by atoms with Gasteiger partial charge in [0.25, 0.3) is 0 Å². The van der Waals surface area contributed by atoms with Crippen LogP contribution in [-0.4, -0.2) is 49.3 Å². The van der Waals surface area contributed by atoms with Gasteiger partial charge in [0, 0.05) is 29.3 Å². The summed E-state index contributed by atoms with van der Waals surface area (Å²) in [6.45, 7) is 0.160. The van der Waals surface area contributed by atoms with Crippen LogP contribution in [0.4, 0.5) is 0 Å². The highest BCUT2D eigenvalue weighted by Gasteiger charge is 2.16. The molecule has 0 aliphatic heterocycles. The molecule has 0 unspecified atom stereocenters. The van der Waals surface area contributed by atoms with Crippen molar-refractivity contribution in [1.82, 2.24) is 15.0 Å². The zero-order chi connectivity index (χ0) is 22.4. The van der Waals surface area contributed by atoms with E-state index >= 15 is 0 Å². The van der Waals surface area contributed by atoms with Crippen LogP contribution in [-0.2, 0) is 11.3 Å². The van der Waals surface area contributed by atoms with Gasteiger partial charge in [0.2, 0.25) is 23.4 Å². The lowest BCUT2D eigenvalue weighted by Crippen LogP contribution is -2.24. The molecular formula is C22H22ClN3O5. The normalized spacial score (nSPS) is 10.9. The Morgan fingerprint density at radius 1 is 1.06 bits per heavy atom. The summed E-state index contributed by atoms with van der Waals surface area (Å²) in [5.41, 5.74) is 1.44. The summed E-state index contributed by atoms with van der Waals surface area (Å²) in [5, 5.41) is 4.57. The van der Waals surface area contributed by atoms with Crippen LogP contribution in [0, 0.1) is 0 Å². The number of nitrogens with zero attached hydrogens (tertiary/aromatic N) is 3. The number of halogens is 1. The van der Waals surface area contributed by atoms with Crippen molar-refractivity contribution in [2.75, 3.05) is 28.4 Å². The van der Waals surface area contributed by atoms with Gasteiger partial charge in [0.1, 0.15) is 0 Å². The van der Waals surface area contributed by atoms with Gasteiger partial charge in [0.05, 0.1) is 27.9 Å². The molecule has 3 aromatic rings. The molecule has 0 atom stereocenters. The summed E-state index contributed by atoms with van der Waals surface area (Å²) in [6.07, 6.45) is 3.08. The van der Waals surface area contributed by atoms with E-state index in [0.717, 1.165) is 5.56 Å². The number of aromatic nitrogens is 2. The second-order valence-corrected chi connectivity index (χ2v) is 6.91. The lowest BCUT2D eigenvalue weighted by atomic mass is 10.1. The van der Waals surface area contributed by atoms with E-state index in [1.54, 1.807) is 56.6 Å². The van der Waals surface area contributed by atoms with Crippen molar-refractivity contribution in [3.05, 3.63) is 59.0 Å². The number of hydrogen-bond donors (Lipinski definition) is 0. The highest BCUT2D eigenvalue weighted by atomic mass is 35.5. The first-order chi connectivity index (χ1) is 15.0. The highest BCUT2D eigenvalue weighted by Crippen LogP contribution is 2.40. The number of carbonyl (C=O) groups is 1. The lowest BCUT2D eigenvalue weighted by Gasteiger charge is -2.14. The summed E-state index contributed by atoms with van der Waals surface area (Å²) in [7, 11) is 6.23. The molecule has 0 spiro atoms. The number of hydrogen-bond acceptors (Lipinski definition) is 7. The highest BCUT2D eigenvalue weighted by molar-refractivity contribution is 6.30. The Kier molecular flexibility index (Phi) is 7.15. The fourth-order valence-electron chi connectivity index (χ4n) is 2.86. The second kappa shape index (κ2) is 9.99. The third-order valence-electron chi connectivity index (χ3n) is 4.46. The molecule has 0 N–H and O–H groups in total. The molecule has 162 valence electrons. The molecule has 0 radical (unpaired) electrons. The molecule has 8 nitrogen and oxygen atoms in total. The molecule has 0 aliphatic rings. The van der Waals surface area contributed by atoms with Gasteiger partial charge in [-0.05, 0) is 42.5 Å². The van der Waals surface area contributed by atoms with Crippen LogP contribution >= 0.6 is 11.6 Å². The van der Waals surface area contributed by atoms with E-state index in [1.807, 2.05) is 0 Å². The zero-order valence-corrected chi connectivity index (χ0v) is 18.3. The number of rotatable bonds is 8. The smallest absolute Gasteiger partial charge is 0.246 e. The van der Waals surface area contributed by atoms with Crippen molar-refractivity contribution in [2.45, 2.75) is 6.54 Å². The fraction of sp³-hybridized carbons (Fsp3) is 0.227. The molecule has 0 bridgehead atoms. The predicted octanol–water partition coefficient (Wildman–Crippen LogP) is 4.09. The quantitative estimate of drug-likeness (QED) is 0.484. The van der Waals surface area contributed by atoms with E-state index in [9.17, 15) is 4.79 Å². The van der Waals surface area contributed by atoms with E-state index in [-0.39, 0.29) is 12.5 Å². The van der Waals surface area contributed by atoms with Gasteiger partial charge < -0.3 is 23.6 Å². The van der Waals surface area contributed by atoms with E-state index < -0.39 is 0 Å². The molecule has 0 fully saturated rings. The Balaban J connectivity index is 1.70. The molecule has 31 heavy (non-hydrogen) atoms. The standard InChI is InChI=1S/C22H22ClN3O5/c1-26(13-18-24-22(25-31-18)15-5-9-16(23)10-6-15)19(27)12-8-14-7-11-17(28-2)21(30-4)20(14)29-3/h5-12H,13H2,1-4H3/b12-8+. The van der Waals surface area contributed by atoms with Crippen molar-refractivity contribution in [3.8, 4) is 28.6 Å². The number of benzene rings is 2. The first-order valence-corrected chi connectivity index (χ1v) is 9.65. The molecular weight excluding hydrogens is 422 g/mol. The van der Waals surface area contributed by atoms with Crippen LogP contribution in [0.3, 0.4) is 0 Å².